The van der Waals surface area contributed by atoms with Crippen molar-refractivity contribution in [2.75, 3.05) is 0 Å². The highest BCUT2D eigenvalue weighted by molar-refractivity contribution is 6.34. The van der Waals surface area contributed by atoms with E-state index in [4.69, 9.17) is 28.3 Å². The number of nitrogens with one attached hydrogen (secondary N) is 1. The summed E-state index contributed by atoms with van der Waals surface area (Å²) in [7, 11) is 0. The number of benzene rings is 4. The van der Waals surface area contributed by atoms with Crippen LogP contribution in [0.3, 0.4) is 0 Å². The molecule has 4 aromatic carbocycles. The number of rotatable bonds is 7. The molecule has 40 heavy (non-hydrogen) atoms. The summed E-state index contributed by atoms with van der Waals surface area (Å²) in [6.07, 6.45) is 1.57. The van der Waals surface area contributed by atoms with E-state index in [9.17, 15) is 18.4 Å². The number of carboxylic acids is 1. The third kappa shape index (κ3) is 5.83. The zero-order valence-electron chi connectivity index (χ0n) is 21.0. The average Bonchev–Trinajstić information content (AvgIpc) is 3.29. The van der Waals surface area contributed by atoms with Crippen LogP contribution in [0.4, 0.5) is 8.78 Å². The standard InChI is InChI=1S/C30H21Cl2F2N3O3/c1-16(18-2-4-19(5-3-18)30(39)40)36-29(38)27-11-20(21-9-25(33)13-26(34)10-21)8-22-14-35-37(28(22)27)15-17-6-23(31)12-24(32)7-17/h2-14,16H,15H2,1H3,(H,36,38)(H,39,40)/t16-/m0/s1. The fourth-order valence-electron chi connectivity index (χ4n) is 4.56. The van der Waals surface area contributed by atoms with Gasteiger partial charge in [-0.2, -0.15) is 5.10 Å². The van der Waals surface area contributed by atoms with Crippen LogP contribution in [0.2, 0.25) is 10.0 Å². The van der Waals surface area contributed by atoms with Crippen molar-refractivity contribution in [1.29, 1.82) is 0 Å². The Morgan fingerprint density at radius 2 is 1.55 bits per heavy atom. The van der Waals surface area contributed by atoms with E-state index >= 15 is 0 Å². The van der Waals surface area contributed by atoms with Gasteiger partial charge < -0.3 is 10.4 Å². The first-order valence-corrected chi connectivity index (χ1v) is 12.9. The molecule has 0 bridgehead atoms. The molecule has 0 saturated heterocycles. The average molecular weight is 580 g/mol. The largest absolute Gasteiger partial charge is 0.478 e. The molecule has 202 valence electrons. The van der Waals surface area contributed by atoms with Crippen LogP contribution in [0.25, 0.3) is 22.0 Å². The maximum atomic E-state index is 14.0. The molecule has 1 amide bonds. The van der Waals surface area contributed by atoms with Crippen LogP contribution < -0.4 is 5.32 Å². The van der Waals surface area contributed by atoms with Gasteiger partial charge in [0.05, 0.1) is 35.4 Å². The van der Waals surface area contributed by atoms with Gasteiger partial charge in [0, 0.05) is 21.5 Å². The van der Waals surface area contributed by atoms with Gasteiger partial charge >= 0.3 is 5.97 Å². The fraction of sp³-hybridized carbons (Fsp3) is 0.100. The molecule has 10 heteroatoms. The second-order valence-electron chi connectivity index (χ2n) is 9.32. The van der Waals surface area contributed by atoms with E-state index in [1.54, 1.807) is 60.3 Å². The molecule has 1 heterocycles. The first kappa shape index (κ1) is 27.3. The van der Waals surface area contributed by atoms with Crippen molar-refractivity contribution in [2.45, 2.75) is 19.5 Å². The van der Waals surface area contributed by atoms with E-state index in [2.05, 4.69) is 10.4 Å². The zero-order valence-corrected chi connectivity index (χ0v) is 22.5. The van der Waals surface area contributed by atoms with Crippen molar-refractivity contribution in [3.8, 4) is 11.1 Å². The van der Waals surface area contributed by atoms with Crippen LogP contribution in [0, 0.1) is 11.6 Å². The number of carbonyl (C=O) groups excluding carboxylic acids is 1. The Balaban J connectivity index is 1.58. The summed E-state index contributed by atoms with van der Waals surface area (Å²) in [5.74, 6) is -2.99. The van der Waals surface area contributed by atoms with Gasteiger partial charge in [0.15, 0.2) is 0 Å². The first-order chi connectivity index (χ1) is 19.1. The molecule has 1 aromatic heterocycles. The lowest BCUT2D eigenvalue weighted by molar-refractivity contribution is 0.0696. The van der Waals surface area contributed by atoms with E-state index in [0.29, 0.717) is 32.1 Å². The molecule has 2 N–H and O–H groups in total. The molecule has 0 unspecified atom stereocenters. The fourth-order valence-corrected chi connectivity index (χ4v) is 5.13. The number of hydrogen-bond acceptors (Lipinski definition) is 3. The minimum absolute atomic E-state index is 0.129. The number of aromatic carboxylic acids is 1. The number of nitrogens with zero attached hydrogens (tertiary/aromatic N) is 2. The maximum Gasteiger partial charge on any atom is 0.335 e. The SMILES string of the molecule is C[C@H](NC(=O)c1cc(-c2cc(F)cc(F)c2)cc2cnn(Cc3cc(Cl)cc(Cl)c3)c12)c1ccc(C(=O)O)cc1. The van der Waals surface area contributed by atoms with Crippen molar-refractivity contribution in [1.82, 2.24) is 15.1 Å². The molecule has 5 rings (SSSR count). The van der Waals surface area contributed by atoms with Crippen molar-refractivity contribution in [3.63, 3.8) is 0 Å². The third-order valence-electron chi connectivity index (χ3n) is 6.43. The van der Waals surface area contributed by atoms with Gasteiger partial charge in [-0.25, -0.2) is 13.6 Å². The molecule has 0 spiro atoms. The monoisotopic (exact) mass is 579 g/mol. The van der Waals surface area contributed by atoms with Gasteiger partial charge in [0.2, 0.25) is 0 Å². The summed E-state index contributed by atoms with van der Waals surface area (Å²) < 4.78 is 29.7. The Morgan fingerprint density at radius 3 is 2.17 bits per heavy atom. The van der Waals surface area contributed by atoms with Crippen LogP contribution in [0.15, 0.2) is 79.0 Å². The first-order valence-electron chi connectivity index (χ1n) is 12.1. The number of carboxylic acid groups (broad SMARTS) is 1. The summed E-state index contributed by atoms with van der Waals surface area (Å²) in [4.78, 5) is 24.9. The minimum atomic E-state index is -1.05. The lowest BCUT2D eigenvalue weighted by atomic mass is 9.99. The summed E-state index contributed by atoms with van der Waals surface area (Å²) >= 11 is 12.3. The maximum absolute atomic E-state index is 14.0. The van der Waals surface area contributed by atoms with Crippen LogP contribution in [0.5, 0.6) is 0 Å². The molecule has 0 aliphatic heterocycles. The van der Waals surface area contributed by atoms with Crippen LogP contribution in [-0.4, -0.2) is 26.8 Å². The molecule has 5 aromatic rings. The van der Waals surface area contributed by atoms with E-state index in [0.717, 1.165) is 11.6 Å². The highest BCUT2D eigenvalue weighted by atomic mass is 35.5. The van der Waals surface area contributed by atoms with Crippen LogP contribution in [0.1, 0.15) is 44.8 Å². The molecule has 0 aliphatic carbocycles. The number of carbonyl (C=O) groups is 2. The molecular formula is C30H21Cl2F2N3O3. The van der Waals surface area contributed by atoms with E-state index in [-0.39, 0.29) is 23.2 Å². The Morgan fingerprint density at radius 1 is 0.925 bits per heavy atom. The van der Waals surface area contributed by atoms with Crippen LogP contribution in [-0.2, 0) is 6.54 Å². The Bertz CT molecular complexity index is 1730. The predicted molar refractivity (Wildman–Crippen MR) is 150 cm³/mol. The Hall–Kier alpha value is -4.27. The summed E-state index contributed by atoms with van der Waals surface area (Å²) in [6, 6.07) is 17.2. The van der Waals surface area contributed by atoms with Crippen molar-refractivity contribution >= 4 is 46.0 Å². The number of fused-ring (bicyclic) bond motifs is 1. The van der Waals surface area contributed by atoms with E-state index < -0.39 is 29.6 Å². The Labute approximate surface area is 237 Å². The van der Waals surface area contributed by atoms with Gasteiger partial charge in [-0.05, 0) is 83.8 Å². The van der Waals surface area contributed by atoms with Crippen molar-refractivity contribution in [3.05, 3.63) is 123 Å². The lowest BCUT2D eigenvalue weighted by Gasteiger charge is -2.17. The van der Waals surface area contributed by atoms with Gasteiger partial charge in [-0.1, -0.05) is 35.3 Å². The quantitative estimate of drug-likeness (QED) is 0.209. The Kier molecular flexibility index (Phi) is 7.56. The number of hydrogen-bond donors (Lipinski definition) is 2. The molecular weight excluding hydrogens is 559 g/mol. The third-order valence-corrected chi connectivity index (χ3v) is 6.87. The van der Waals surface area contributed by atoms with E-state index in [1.807, 2.05) is 0 Å². The smallest absolute Gasteiger partial charge is 0.335 e. The lowest BCUT2D eigenvalue weighted by Crippen LogP contribution is -2.27. The molecule has 0 radical (unpaired) electrons. The minimum Gasteiger partial charge on any atom is -0.478 e. The predicted octanol–water partition coefficient (Wildman–Crippen LogP) is 7.53. The molecule has 6 nitrogen and oxygen atoms in total. The van der Waals surface area contributed by atoms with E-state index in [1.165, 1.54) is 24.3 Å². The second kappa shape index (κ2) is 11.1. The van der Waals surface area contributed by atoms with Gasteiger partial charge in [0.1, 0.15) is 11.6 Å². The molecule has 0 saturated carbocycles. The highest BCUT2D eigenvalue weighted by Crippen LogP contribution is 2.30. The summed E-state index contributed by atoms with van der Waals surface area (Å²) in [5.41, 5.74) is 3.01. The topological polar surface area (TPSA) is 84.2 Å². The highest BCUT2D eigenvalue weighted by Gasteiger charge is 2.20. The van der Waals surface area contributed by atoms with Gasteiger partial charge in [-0.15, -0.1) is 0 Å². The summed E-state index contributed by atoms with van der Waals surface area (Å²) in [6.45, 7) is 2.02. The molecule has 0 fully saturated rings. The second-order valence-corrected chi connectivity index (χ2v) is 10.2. The van der Waals surface area contributed by atoms with Crippen LogP contribution >= 0.6 is 23.2 Å². The number of halogens is 4. The van der Waals surface area contributed by atoms with Crippen molar-refractivity contribution < 1.29 is 23.5 Å². The zero-order chi connectivity index (χ0) is 28.6. The van der Waals surface area contributed by atoms with Gasteiger partial charge in [-0.3, -0.25) is 9.48 Å². The molecule has 1 atom stereocenters. The number of aromatic nitrogens is 2. The summed E-state index contributed by atoms with van der Waals surface area (Å²) in [5, 5.41) is 18.1. The van der Waals surface area contributed by atoms with Gasteiger partial charge in [0.25, 0.3) is 5.91 Å². The van der Waals surface area contributed by atoms with Crippen molar-refractivity contribution in [2.24, 2.45) is 0 Å². The molecule has 0 aliphatic rings. The number of amides is 1. The normalized spacial score (nSPS) is 11.9.